The van der Waals surface area contributed by atoms with E-state index < -0.39 is 11.8 Å². The summed E-state index contributed by atoms with van der Waals surface area (Å²) in [5.74, 6) is -1.14. The highest BCUT2D eigenvalue weighted by molar-refractivity contribution is 6.32. The quantitative estimate of drug-likeness (QED) is 0.644. The first-order valence-electron chi connectivity index (χ1n) is 6.26. The van der Waals surface area contributed by atoms with Crippen molar-refractivity contribution < 1.29 is 19.4 Å². The highest BCUT2D eigenvalue weighted by atomic mass is 35.5. The van der Waals surface area contributed by atoms with E-state index in [0.29, 0.717) is 28.5 Å². The molecule has 0 heterocycles. The number of ketones is 1. The Balaban J connectivity index is 3.33. The third-order valence-electron chi connectivity index (χ3n) is 2.74. The number of hydrogen-bond acceptors (Lipinski definition) is 3. The monoisotopic (exact) mass is 296 g/mol. The molecule has 0 spiro atoms. The molecule has 0 saturated carbocycles. The van der Waals surface area contributed by atoms with Crippen LogP contribution in [0, 0.1) is 13.8 Å². The Morgan fingerprint density at radius 1 is 1.35 bits per heavy atom. The van der Waals surface area contributed by atoms with Gasteiger partial charge in [-0.15, -0.1) is 0 Å². The minimum absolute atomic E-state index is 0.320. The van der Waals surface area contributed by atoms with E-state index in [0.717, 1.165) is 24.1 Å². The van der Waals surface area contributed by atoms with E-state index in [1.54, 1.807) is 19.9 Å². The van der Waals surface area contributed by atoms with Crippen molar-refractivity contribution >= 4 is 23.4 Å². The molecule has 1 N–H and O–H groups in total. The Morgan fingerprint density at radius 2 is 2.00 bits per heavy atom. The lowest BCUT2D eigenvalue weighted by Crippen LogP contribution is -2.08. The second-order valence-corrected chi connectivity index (χ2v) is 4.80. The number of aliphatic carboxylic acids is 1. The van der Waals surface area contributed by atoms with Crippen LogP contribution in [-0.4, -0.2) is 23.5 Å². The molecule has 108 valence electrons. The molecule has 0 unspecified atom stereocenters. The summed E-state index contributed by atoms with van der Waals surface area (Å²) in [7, 11) is 0. The van der Waals surface area contributed by atoms with Gasteiger partial charge in [0, 0.05) is 11.1 Å². The van der Waals surface area contributed by atoms with Gasteiger partial charge in [0.1, 0.15) is 5.75 Å². The fourth-order valence-corrected chi connectivity index (χ4v) is 2.03. The van der Waals surface area contributed by atoms with Gasteiger partial charge >= 0.3 is 5.97 Å². The topological polar surface area (TPSA) is 63.6 Å². The Labute approximate surface area is 123 Å². The molecule has 0 radical (unpaired) electrons. The van der Waals surface area contributed by atoms with E-state index in [-0.39, 0.29) is 0 Å². The van der Waals surface area contributed by atoms with E-state index >= 15 is 0 Å². The van der Waals surface area contributed by atoms with Gasteiger partial charge < -0.3 is 9.84 Å². The van der Waals surface area contributed by atoms with Gasteiger partial charge in [-0.1, -0.05) is 18.5 Å². The van der Waals surface area contributed by atoms with Crippen molar-refractivity contribution in [2.45, 2.75) is 27.2 Å². The maximum Gasteiger partial charge on any atom is 0.328 e. The maximum atomic E-state index is 12.2. The van der Waals surface area contributed by atoms with Crippen molar-refractivity contribution in [3.8, 4) is 5.75 Å². The molecule has 20 heavy (non-hydrogen) atoms. The zero-order valence-electron chi connectivity index (χ0n) is 11.7. The van der Waals surface area contributed by atoms with Gasteiger partial charge in [-0.25, -0.2) is 4.79 Å². The minimum atomic E-state index is -1.18. The van der Waals surface area contributed by atoms with Crippen LogP contribution >= 0.6 is 11.6 Å². The molecule has 0 aromatic heterocycles. The number of ether oxygens (including phenoxy) is 1. The Hall–Kier alpha value is -1.81. The van der Waals surface area contributed by atoms with Gasteiger partial charge in [0.15, 0.2) is 5.78 Å². The molecule has 1 rings (SSSR count). The number of allylic oxidation sites excluding steroid dienone is 1. The van der Waals surface area contributed by atoms with E-state index in [1.807, 2.05) is 6.92 Å². The van der Waals surface area contributed by atoms with Crippen molar-refractivity contribution in [2.24, 2.45) is 0 Å². The van der Waals surface area contributed by atoms with Gasteiger partial charge in [-0.2, -0.15) is 0 Å². The van der Waals surface area contributed by atoms with E-state index in [1.165, 1.54) is 0 Å². The highest BCUT2D eigenvalue weighted by Crippen LogP contribution is 2.33. The summed E-state index contributed by atoms with van der Waals surface area (Å²) in [6.45, 7) is 5.95. The van der Waals surface area contributed by atoms with Crippen LogP contribution in [0.5, 0.6) is 5.75 Å². The summed E-state index contributed by atoms with van der Waals surface area (Å²) in [6, 6.07) is 1.74. The molecule has 0 bridgehead atoms. The van der Waals surface area contributed by atoms with Gasteiger partial charge in [0.05, 0.1) is 12.2 Å². The number of carbonyl (C=O) groups excluding carboxylic acids is 1. The fraction of sp³-hybridized carbons (Fsp3) is 0.333. The molecule has 4 nitrogen and oxygen atoms in total. The summed E-state index contributed by atoms with van der Waals surface area (Å²) in [5.41, 5.74) is 1.66. The first-order chi connectivity index (χ1) is 9.38. The SMILES string of the molecule is CCCOc1c(C)cc(Cl)c(C)c1C(=O)/C=C/C(=O)O. The number of halogens is 1. The normalized spacial score (nSPS) is 10.8. The molecule has 0 amide bonds. The Morgan fingerprint density at radius 3 is 2.55 bits per heavy atom. The third-order valence-corrected chi connectivity index (χ3v) is 3.13. The number of carboxylic acids is 1. The molecule has 0 aliphatic carbocycles. The smallest absolute Gasteiger partial charge is 0.328 e. The summed E-state index contributed by atoms with van der Waals surface area (Å²) < 4.78 is 5.62. The second kappa shape index (κ2) is 7.10. The predicted molar refractivity (Wildman–Crippen MR) is 77.8 cm³/mol. The first-order valence-corrected chi connectivity index (χ1v) is 6.64. The highest BCUT2D eigenvalue weighted by Gasteiger charge is 2.18. The zero-order chi connectivity index (χ0) is 15.3. The van der Waals surface area contributed by atoms with Crippen LogP contribution in [0.3, 0.4) is 0 Å². The number of hydrogen-bond donors (Lipinski definition) is 1. The van der Waals surface area contributed by atoms with Crippen molar-refractivity contribution in [3.05, 3.63) is 39.9 Å². The molecular formula is C15H17ClO4. The fourth-order valence-electron chi connectivity index (χ4n) is 1.77. The van der Waals surface area contributed by atoms with Crippen molar-refractivity contribution in [1.82, 2.24) is 0 Å². The average Bonchev–Trinajstić information content (AvgIpc) is 2.38. The zero-order valence-corrected chi connectivity index (χ0v) is 12.5. The van der Waals surface area contributed by atoms with Crippen molar-refractivity contribution in [1.29, 1.82) is 0 Å². The van der Waals surface area contributed by atoms with Gasteiger partial charge in [-0.3, -0.25) is 4.79 Å². The standard InChI is InChI=1S/C15H17ClO4/c1-4-7-20-15-9(2)8-11(16)10(3)14(15)12(17)5-6-13(18)19/h5-6,8H,4,7H2,1-3H3,(H,18,19)/b6-5+. The lowest BCUT2D eigenvalue weighted by molar-refractivity contribution is -0.131. The summed E-state index contributed by atoms with van der Waals surface area (Å²) in [6.07, 6.45) is 2.63. The minimum Gasteiger partial charge on any atom is -0.493 e. The predicted octanol–water partition coefficient (Wildman–Crippen LogP) is 3.57. The van der Waals surface area contributed by atoms with E-state index in [4.69, 9.17) is 21.4 Å². The first kappa shape index (κ1) is 16.2. The number of carbonyl (C=O) groups is 2. The lowest BCUT2D eigenvalue weighted by atomic mass is 9.99. The average molecular weight is 297 g/mol. The van der Waals surface area contributed by atoms with Gasteiger partial charge in [0.25, 0.3) is 0 Å². The second-order valence-electron chi connectivity index (χ2n) is 4.39. The van der Waals surface area contributed by atoms with Crippen LogP contribution in [0.2, 0.25) is 5.02 Å². The van der Waals surface area contributed by atoms with Crippen LogP contribution in [-0.2, 0) is 4.79 Å². The van der Waals surface area contributed by atoms with Crippen molar-refractivity contribution in [3.63, 3.8) is 0 Å². The largest absolute Gasteiger partial charge is 0.493 e. The van der Waals surface area contributed by atoms with Crippen LogP contribution < -0.4 is 4.74 Å². The number of rotatable bonds is 6. The molecule has 0 aliphatic heterocycles. The number of carboxylic acid groups (broad SMARTS) is 1. The molecule has 0 aliphatic rings. The molecule has 5 heteroatoms. The molecule has 1 aromatic rings. The van der Waals surface area contributed by atoms with E-state index in [9.17, 15) is 9.59 Å². The van der Waals surface area contributed by atoms with Crippen LogP contribution in [0.1, 0.15) is 34.8 Å². The van der Waals surface area contributed by atoms with Gasteiger partial charge in [-0.05, 0) is 43.5 Å². The third kappa shape index (κ3) is 3.84. The lowest BCUT2D eigenvalue weighted by Gasteiger charge is -2.15. The van der Waals surface area contributed by atoms with Crippen LogP contribution in [0.4, 0.5) is 0 Å². The Kier molecular flexibility index (Phi) is 5.77. The van der Waals surface area contributed by atoms with Gasteiger partial charge in [0.2, 0.25) is 0 Å². The summed E-state index contributed by atoms with van der Waals surface area (Å²) in [5, 5.41) is 9.06. The summed E-state index contributed by atoms with van der Waals surface area (Å²) in [4.78, 5) is 22.7. The number of aryl methyl sites for hydroxylation is 1. The number of benzene rings is 1. The van der Waals surface area contributed by atoms with E-state index in [2.05, 4.69) is 0 Å². The molecule has 0 fully saturated rings. The van der Waals surface area contributed by atoms with Crippen LogP contribution in [0.15, 0.2) is 18.2 Å². The molecular weight excluding hydrogens is 280 g/mol. The van der Waals surface area contributed by atoms with Crippen molar-refractivity contribution in [2.75, 3.05) is 6.61 Å². The summed E-state index contributed by atoms with van der Waals surface area (Å²) >= 11 is 6.08. The Bertz CT molecular complexity index is 561. The molecule has 0 saturated heterocycles. The maximum absolute atomic E-state index is 12.2. The molecule has 0 atom stereocenters. The van der Waals surface area contributed by atoms with Crippen LogP contribution in [0.25, 0.3) is 0 Å². The molecule has 1 aromatic carbocycles.